The molecule has 1 aromatic heterocycles. The van der Waals surface area contributed by atoms with Crippen molar-refractivity contribution in [1.29, 1.82) is 5.26 Å². The molecule has 2 aromatic carbocycles. The molecule has 9 heteroatoms. The number of ether oxygens (including phenoxy) is 1. The van der Waals surface area contributed by atoms with Gasteiger partial charge in [-0.15, -0.1) is 0 Å². The maximum absolute atomic E-state index is 12.3. The lowest BCUT2D eigenvalue weighted by molar-refractivity contribution is -0.134. The summed E-state index contributed by atoms with van der Waals surface area (Å²) in [5, 5.41) is 19.5. The van der Waals surface area contributed by atoms with Crippen LogP contribution in [0, 0.1) is 11.3 Å². The van der Waals surface area contributed by atoms with Crippen molar-refractivity contribution in [2.45, 2.75) is 25.3 Å². The summed E-state index contributed by atoms with van der Waals surface area (Å²) < 4.78 is 7.37. The molecule has 4 rings (SSSR count). The monoisotopic (exact) mass is 431 g/mol. The molecular weight excluding hydrogens is 410 g/mol. The largest absolute Gasteiger partial charge is 0.482 e. The molecule has 1 saturated heterocycles. The van der Waals surface area contributed by atoms with Gasteiger partial charge in [-0.3, -0.25) is 24.4 Å². The number of hydrogen-bond donors (Lipinski definition) is 2. The number of imide groups is 1. The Labute approximate surface area is 184 Å². The van der Waals surface area contributed by atoms with E-state index >= 15 is 0 Å². The Morgan fingerprint density at radius 1 is 1.28 bits per heavy atom. The summed E-state index contributed by atoms with van der Waals surface area (Å²) >= 11 is 0. The third-order valence-electron chi connectivity index (χ3n) is 5.40. The second kappa shape index (κ2) is 8.89. The number of aryl methyl sites for hydroxylation is 1. The number of para-hydroxylation sites is 1. The highest BCUT2D eigenvalue weighted by atomic mass is 16.5. The molecule has 3 amide bonds. The summed E-state index contributed by atoms with van der Waals surface area (Å²) in [5.41, 5.74) is 2.48. The van der Waals surface area contributed by atoms with E-state index in [0.29, 0.717) is 28.9 Å². The van der Waals surface area contributed by atoms with E-state index in [0.717, 1.165) is 10.9 Å². The minimum Gasteiger partial charge on any atom is -0.482 e. The van der Waals surface area contributed by atoms with Crippen LogP contribution in [0.2, 0.25) is 0 Å². The molecule has 1 unspecified atom stereocenters. The van der Waals surface area contributed by atoms with Crippen molar-refractivity contribution >= 4 is 28.6 Å². The van der Waals surface area contributed by atoms with Gasteiger partial charge in [-0.25, -0.2) is 0 Å². The zero-order valence-electron chi connectivity index (χ0n) is 17.4. The van der Waals surface area contributed by atoms with Gasteiger partial charge < -0.3 is 10.1 Å². The summed E-state index contributed by atoms with van der Waals surface area (Å²) in [6.45, 7) is 0.00820. The summed E-state index contributed by atoms with van der Waals surface area (Å²) in [7, 11) is 1.74. The zero-order chi connectivity index (χ0) is 22.7. The highest BCUT2D eigenvalue weighted by Crippen LogP contribution is 2.34. The zero-order valence-corrected chi connectivity index (χ0v) is 17.4. The van der Waals surface area contributed by atoms with E-state index in [-0.39, 0.29) is 37.3 Å². The van der Waals surface area contributed by atoms with Gasteiger partial charge in [0.25, 0.3) is 5.91 Å². The van der Waals surface area contributed by atoms with Crippen LogP contribution in [-0.4, -0.2) is 34.1 Å². The number of hydrogen-bond acceptors (Lipinski definition) is 6. The number of nitrogens with one attached hydrogen (secondary N) is 2. The number of amides is 3. The van der Waals surface area contributed by atoms with Crippen molar-refractivity contribution < 1.29 is 19.1 Å². The Balaban J connectivity index is 1.47. The number of nitriles is 1. The van der Waals surface area contributed by atoms with Crippen LogP contribution in [0.5, 0.6) is 5.75 Å². The minimum absolute atomic E-state index is 0.216. The van der Waals surface area contributed by atoms with Gasteiger partial charge in [-0.1, -0.05) is 30.3 Å². The van der Waals surface area contributed by atoms with Crippen molar-refractivity contribution in [3.63, 3.8) is 0 Å². The summed E-state index contributed by atoms with van der Waals surface area (Å²) in [6, 6.07) is 14.5. The number of nitrogens with zero attached hydrogens (tertiary/aromatic N) is 3. The van der Waals surface area contributed by atoms with E-state index in [9.17, 15) is 14.4 Å². The minimum atomic E-state index is -0.518. The third-order valence-corrected chi connectivity index (χ3v) is 5.40. The molecule has 0 saturated carbocycles. The number of fused-ring (bicyclic) bond motifs is 1. The molecule has 3 aromatic rings. The van der Waals surface area contributed by atoms with Crippen LogP contribution < -0.4 is 15.4 Å². The first-order valence-electron chi connectivity index (χ1n) is 10.1. The molecular formula is C23H21N5O4. The fraction of sp³-hybridized carbons (Fsp3) is 0.261. The molecule has 2 heterocycles. The first-order chi connectivity index (χ1) is 15.5. The molecule has 162 valence electrons. The van der Waals surface area contributed by atoms with Gasteiger partial charge in [0, 0.05) is 25.4 Å². The van der Waals surface area contributed by atoms with Crippen molar-refractivity contribution in [2.75, 3.05) is 6.61 Å². The highest BCUT2D eigenvalue weighted by molar-refractivity contribution is 6.03. The summed E-state index contributed by atoms with van der Waals surface area (Å²) in [5.74, 6) is -1.02. The molecule has 0 radical (unpaired) electrons. The fourth-order valence-electron chi connectivity index (χ4n) is 3.83. The number of rotatable bonds is 6. The summed E-state index contributed by atoms with van der Waals surface area (Å²) in [4.78, 5) is 36.1. The molecule has 1 atom stereocenters. The van der Waals surface area contributed by atoms with Crippen LogP contribution in [0.15, 0.2) is 42.5 Å². The maximum atomic E-state index is 12.3. The Hall–Kier alpha value is -4.19. The Kier molecular flexibility index (Phi) is 5.85. The van der Waals surface area contributed by atoms with E-state index in [1.165, 1.54) is 0 Å². The number of aromatic nitrogens is 2. The predicted octanol–water partition coefficient (Wildman–Crippen LogP) is 1.66. The SMILES string of the molecule is Cn1nc(C2CCC(=O)NC2=O)c2cccc(OCC(=O)NCc3ccccc3C#N)c21. The van der Waals surface area contributed by atoms with E-state index in [1.807, 2.05) is 12.1 Å². The number of carbonyl (C=O) groups is 3. The van der Waals surface area contributed by atoms with Crippen LogP contribution in [-0.2, 0) is 28.0 Å². The smallest absolute Gasteiger partial charge is 0.258 e. The molecule has 0 spiro atoms. The molecule has 32 heavy (non-hydrogen) atoms. The van der Waals surface area contributed by atoms with Crippen molar-refractivity contribution in [1.82, 2.24) is 20.4 Å². The lowest BCUT2D eigenvalue weighted by atomic mass is 9.93. The summed E-state index contributed by atoms with van der Waals surface area (Å²) in [6.07, 6.45) is 0.661. The first-order valence-corrected chi connectivity index (χ1v) is 10.1. The van der Waals surface area contributed by atoms with Gasteiger partial charge in [0.05, 0.1) is 23.2 Å². The van der Waals surface area contributed by atoms with Gasteiger partial charge in [-0.05, 0) is 24.1 Å². The van der Waals surface area contributed by atoms with Crippen LogP contribution in [0.1, 0.15) is 35.6 Å². The highest BCUT2D eigenvalue weighted by Gasteiger charge is 2.32. The van der Waals surface area contributed by atoms with Crippen LogP contribution >= 0.6 is 0 Å². The average molecular weight is 431 g/mol. The predicted molar refractivity (Wildman–Crippen MR) is 114 cm³/mol. The van der Waals surface area contributed by atoms with Crippen LogP contribution in [0.4, 0.5) is 0 Å². The van der Waals surface area contributed by atoms with Crippen LogP contribution in [0.3, 0.4) is 0 Å². The lowest BCUT2D eigenvalue weighted by Crippen LogP contribution is -2.39. The second-order valence-corrected chi connectivity index (χ2v) is 7.50. The maximum Gasteiger partial charge on any atom is 0.258 e. The number of benzene rings is 2. The van der Waals surface area contributed by atoms with Gasteiger partial charge >= 0.3 is 0 Å². The lowest BCUT2D eigenvalue weighted by Gasteiger charge is -2.19. The van der Waals surface area contributed by atoms with E-state index in [2.05, 4.69) is 21.8 Å². The van der Waals surface area contributed by atoms with Crippen LogP contribution in [0.25, 0.3) is 10.9 Å². The Morgan fingerprint density at radius 2 is 2.09 bits per heavy atom. The molecule has 0 aliphatic carbocycles. The number of piperidine rings is 1. The van der Waals surface area contributed by atoms with E-state index in [4.69, 9.17) is 10.00 Å². The molecule has 1 aliphatic rings. The Bertz CT molecular complexity index is 1260. The molecule has 1 fully saturated rings. The molecule has 0 bridgehead atoms. The van der Waals surface area contributed by atoms with Gasteiger partial charge in [0.2, 0.25) is 11.8 Å². The standard InChI is InChI=1S/C23H21N5O4/c1-28-22-16(21(27-28)17-9-10-19(29)26-23(17)31)7-4-8-18(22)32-13-20(30)25-12-15-6-3-2-5-14(15)11-24/h2-8,17H,9-10,12-13H2,1H3,(H,25,30)(H,26,29,31). The van der Waals surface area contributed by atoms with E-state index in [1.54, 1.807) is 42.1 Å². The fourth-order valence-corrected chi connectivity index (χ4v) is 3.83. The van der Waals surface area contributed by atoms with Crippen molar-refractivity contribution in [3.8, 4) is 11.8 Å². The van der Waals surface area contributed by atoms with Gasteiger partial charge in [0.15, 0.2) is 6.61 Å². The van der Waals surface area contributed by atoms with E-state index < -0.39 is 5.92 Å². The van der Waals surface area contributed by atoms with Crippen molar-refractivity contribution in [2.24, 2.45) is 7.05 Å². The average Bonchev–Trinajstić information content (AvgIpc) is 3.13. The normalized spacial score (nSPS) is 15.8. The van der Waals surface area contributed by atoms with Gasteiger partial charge in [-0.2, -0.15) is 10.4 Å². The Morgan fingerprint density at radius 3 is 2.88 bits per heavy atom. The first kappa shape index (κ1) is 21.1. The van der Waals surface area contributed by atoms with Gasteiger partial charge in [0.1, 0.15) is 11.3 Å². The molecule has 9 nitrogen and oxygen atoms in total. The number of carbonyl (C=O) groups excluding carboxylic acids is 3. The second-order valence-electron chi connectivity index (χ2n) is 7.50. The molecule has 2 N–H and O–H groups in total. The third kappa shape index (κ3) is 4.16. The quantitative estimate of drug-likeness (QED) is 0.572. The van der Waals surface area contributed by atoms with Crippen molar-refractivity contribution in [3.05, 3.63) is 59.3 Å². The molecule has 1 aliphatic heterocycles. The topological polar surface area (TPSA) is 126 Å².